The van der Waals surface area contributed by atoms with Crippen molar-refractivity contribution in [2.24, 2.45) is 0 Å². The number of nitrogens with zero attached hydrogens (tertiary/aromatic N) is 4. The highest BCUT2D eigenvalue weighted by Gasteiger charge is 2.04. The number of nitrogens with one attached hydrogen (secondary N) is 1. The average molecular weight is 318 g/mol. The molecule has 2 heterocycles. The van der Waals surface area contributed by atoms with Gasteiger partial charge in [-0.2, -0.15) is 0 Å². The monoisotopic (exact) mass is 317 g/mol. The van der Waals surface area contributed by atoms with Gasteiger partial charge in [0.2, 0.25) is 0 Å². The lowest BCUT2D eigenvalue weighted by Gasteiger charge is -2.09. The maximum Gasteiger partial charge on any atom is 0.133 e. The number of hydrogen-bond acceptors (Lipinski definition) is 4. The summed E-state index contributed by atoms with van der Waals surface area (Å²) in [6.07, 6.45) is 5.33. The molecule has 0 spiro atoms. The lowest BCUT2D eigenvalue weighted by Crippen LogP contribution is -2.12. The third-order valence-corrected chi connectivity index (χ3v) is 3.55. The number of anilines is 1. The first-order valence-electron chi connectivity index (χ1n) is 5.96. The van der Waals surface area contributed by atoms with Crippen LogP contribution in [0.2, 0.25) is 0 Å². The summed E-state index contributed by atoms with van der Waals surface area (Å²) in [5.41, 5.74) is 0. The van der Waals surface area contributed by atoms with Crippen molar-refractivity contribution in [3.05, 3.63) is 47.3 Å². The predicted molar refractivity (Wildman–Crippen MR) is 78.0 cm³/mol. The molecule has 0 saturated carbocycles. The van der Waals surface area contributed by atoms with E-state index in [9.17, 15) is 0 Å². The summed E-state index contributed by atoms with van der Waals surface area (Å²) in [5, 5.41) is 13.3. The third kappa shape index (κ3) is 2.58. The molecule has 0 unspecified atom stereocenters. The molecule has 0 amide bonds. The Hall–Kier alpha value is -1.95. The SMILES string of the molecule is Brc1cccc2c(NCCn3ccnn3)nccc12. The Labute approximate surface area is 118 Å². The van der Waals surface area contributed by atoms with E-state index in [0.29, 0.717) is 0 Å². The Morgan fingerprint density at radius 2 is 2.11 bits per heavy atom. The predicted octanol–water partition coefficient (Wildman–Crippen LogP) is 2.70. The summed E-state index contributed by atoms with van der Waals surface area (Å²) in [5.74, 6) is 0.888. The van der Waals surface area contributed by atoms with Crippen molar-refractivity contribution in [2.75, 3.05) is 11.9 Å². The number of aromatic nitrogens is 4. The van der Waals surface area contributed by atoms with E-state index in [4.69, 9.17) is 0 Å². The van der Waals surface area contributed by atoms with Crippen molar-refractivity contribution < 1.29 is 0 Å². The van der Waals surface area contributed by atoms with Gasteiger partial charge in [-0.15, -0.1) is 5.10 Å². The van der Waals surface area contributed by atoms with Crippen molar-refractivity contribution in [1.82, 2.24) is 20.0 Å². The van der Waals surface area contributed by atoms with Gasteiger partial charge >= 0.3 is 0 Å². The lowest BCUT2D eigenvalue weighted by atomic mass is 10.1. The van der Waals surface area contributed by atoms with Gasteiger partial charge in [-0.3, -0.25) is 4.68 Å². The molecule has 0 bridgehead atoms. The zero-order valence-electron chi connectivity index (χ0n) is 10.1. The van der Waals surface area contributed by atoms with Crippen LogP contribution in [0.1, 0.15) is 0 Å². The van der Waals surface area contributed by atoms with E-state index in [2.05, 4.69) is 42.6 Å². The van der Waals surface area contributed by atoms with Crippen molar-refractivity contribution in [2.45, 2.75) is 6.54 Å². The zero-order valence-corrected chi connectivity index (χ0v) is 11.7. The molecular formula is C13H12BrN5. The Morgan fingerprint density at radius 3 is 2.95 bits per heavy atom. The van der Waals surface area contributed by atoms with Crippen LogP contribution in [0.5, 0.6) is 0 Å². The van der Waals surface area contributed by atoms with E-state index >= 15 is 0 Å². The number of halogens is 1. The summed E-state index contributed by atoms with van der Waals surface area (Å²) < 4.78 is 2.86. The van der Waals surface area contributed by atoms with Crippen LogP contribution in [0.4, 0.5) is 5.82 Å². The van der Waals surface area contributed by atoms with Crippen LogP contribution in [-0.4, -0.2) is 26.5 Å². The second-order valence-corrected chi connectivity index (χ2v) is 4.94. The molecule has 0 atom stereocenters. The standard InChI is InChI=1S/C13H12BrN5/c14-12-3-1-2-11-10(12)4-5-15-13(11)16-6-8-19-9-7-17-18-19/h1-5,7,9H,6,8H2,(H,15,16). The summed E-state index contributed by atoms with van der Waals surface area (Å²) in [7, 11) is 0. The topological polar surface area (TPSA) is 55.6 Å². The van der Waals surface area contributed by atoms with Gasteiger partial charge in [0.1, 0.15) is 5.82 Å². The fourth-order valence-electron chi connectivity index (χ4n) is 1.95. The Balaban J connectivity index is 1.79. The zero-order chi connectivity index (χ0) is 13.1. The quantitative estimate of drug-likeness (QED) is 0.803. The third-order valence-electron chi connectivity index (χ3n) is 2.86. The first kappa shape index (κ1) is 12.1. The molecule has 0 saturated heterocycles. The van der Waals surface area contributed by atoms with Crippen LogP contribution in [0, 0.1) is 0 Å². The van der Waals surface area contributed by atoms with E-state index in [1.54, 1.807) is 10.9 Å². The van der Waals surface area contributed by atoms with Gasteiger partial charge < -0.3 is 5.32 Å². The van der Waals surface area contributed by atoms with Gasteiger partial charge in [-0.1, -0.05) is 33.3 Å². The molecule has 2 aromatic heterocycles. The van der Waals surface area contributed by atoms with Crippen molar-refractivity contribution in [1.29, 1.82) is 0 Å². The molecule has 19 heavy (non-hydrogen) atoms. The molecule has 6 heteroatoms. The maximum absolute atomic E-state index is 4.39. The lowest BCUT2D eigenvalue weighted by molar-refractivity contribution is 0.608. The minimum Gasteiger partial charge on any atom is -0.368 e. The minimum absolute atomic E-state index is 0.752. The van der Waals surface area contributed by atoms with Crippen LogP contribution in [0.25, 0.3) is 10.8 Å². The highest BCUT2D eigenvalue weighted by atomic mass is 79.9. The molecule has 0 aliphatic carbocycles. The molecule has 0 aliphatic rings. The first-order valence-corrected chi connectivity index (χ1v) is 6.75. The summed E-state index contributed by atoms with van der Waals surface area (Å²) >= 11 is 3.55. The average Bonchev–Trinajstić information content (AvgIpc) is 2.93. The maximum atomic E-state index is 4.39. The van der Waals surface area contributed by atoms with Crippen LogP contribution >= 0.6 is 15.9 Å². The van der Waals surface area contributed by atoms with E-state index in [1.807, 2.05) is 30.6 Å². The van der Waals surface area contributed by atoms with E-state index in [0.717, 1.165) is 34.2 Å². The van der Waals surface area contributed by atoms with Crippen LogP contribution in [-0.2, 0) is 6.54 Å². The van der Waals surface area contributed by atoms with Crippen LogP contribution in [0.3, 0.4) is 0 Å². The number of pyridine rings is 1. The van der Waals surface area contributed by atoms with Gasteiger partial charge in [0.05, 0.1) is 12.7 Å². The number of benzene rings is 1. The summed E-state index contributed by atoms with van der Waals surface area (Å²) in [6, 6.07) is 8.10. The minimum atomic E-state index is 0.752. The fourth-order valence-corrected chi connectivity index (χ4v) is 2.45. The normalized spacial score (nSPS) is 10.8. The number of rotatable bonds is 4. The van der Waals surface area contributed by atoms with E-state index in [-0.39, 0.29) is 0 Å². The molecule has 1 N–H and O–H groups in total. The second kappa shape index (κ2) is 5.36. The molecular weight excluding hydrogens is 306 g/mol. The molecule has 0 radical (unpaired) electrons. The Kier molecular flexibility index (Phi) is 3.41. The van der Waals surface area contributed by atoms with Crippen molar-refractivity contribution >= 4 is 32.5 Å². The summed E-state index contributed by atoms with van der Waals surface area (Å²) in [6.45, 7) is 1.51. The van der Waals surface area contributed by atoms with Crippen LogP contribution in [0.15, 0.2) is 47.3 Å². The largest absolute Gasteiger partial charge is 0.368 e. The molecule has 1 aromatic carbocycles. The van der Waals surface area contributed by atoms with Gasteiger partial charge in [0.25, 0.3) is 0 Å². The van der Waals surface area contributed by atoms with Crippen molar-refractivity contribution in [3.8, 4) is 0 Å². The summed E-state index contributed by atoms with van der Waals surface area (Å²) in [4.78, 5) is 4.39. The molecule has 0 fully saturated rings. The van der Waals surface area contributed by atoms with Gasteiger partial charge in [0, 0.05) is 34.2 Å². The first-order chi connectivity index (χ1) is 9.34. The van der Waals surface area contributed by atoms with Crippen LogP contribution < -0.4 is 5.32 Å². The molecule has 96 valence electrons. The van der Waals surface area contributed by atoms with E-state index in [1.165, 1.54) is 0 Å². The molecule has 3 aromatic rings. The second-order valence-electron chi connectivity index (χ2n) is 4.09. The number of hydrogen-bond donors (Lipinski definition) is 1. The molecule has 5 nitrogen and oxygen atoms in total. The molecule has 0 aliphatic heterocycles. The Bertz CT molecular complexity index is 681. The highest BCUT2D eigenvalue weighted by Crippen LogP contribution is 2.27. The highest BCUT2D eigenvalue weighted by molar-refractivity contribution is 9.10. The van der Waals surface area contributed by atoms with Gasteiger partial charge in [-0.05, 0) is 12.1 Å². The van der Waals surface area contributed by atoms with Gasteiger partial charge in [-0.25, -0.2) is 4.98 Å². The molecule has 3 rings (SSSR count). The Morgan fingerprint density at radius 1 is 1.16 bits per heavy atom. The van der Waals surface area contributed by atoms with Gasteiger partial charge in [0.15, 0.2) is 0 Å². The van der Waals surface area contributed by atoms with Crippen molar-refractivity contribution in [3.63, 3.8) is 0 Å². The smallest absolute Gasteiger partial charge is 0.133 e. The number of fused-ring (bicyclic) bond motifs is 1. The van der Waals surface area contributed by atoms with E-state index < -0.39 is 0 Å². The fraction of sp³-hybridized carbons (Fsp3) is 0.154.